The summed E-state index contributed by atoms with van der Waals surface area (Å²) in [6.07, 6.45) is 2.55. The van der Waals surface area contributed by atoms with Crippen LogP contribution in [0.5, 0.6) is 5.06 Å². The van der Waals surface area contributed by atoms with E-state index in [1.165, 1.54) is 0 Å². The summed E-state index contributed by atoms with van der Waals surface area (Å²) < 4.78 is 4.99. The zero-order chi connectivity index (χ0) is 8.27. The number of rotatable bonds is 3. The highest BCUT2D eigenvalue weighted by molar-refractivity contribution is 7.13. The van der Waals surface area contributed by atoms with Crippen molar-refractivity contribution in [3.05, 3.63) is 11.2 Å². The number of ether oxygens (including phenoxy) is 1. The third-order valence-electron chi connectivity index (χ3n) is 1.23. The minimum absolute atomic E-state index is 0.172. The largest absolute Gasteiger partial charge is 0.486 e. The molecular weight excluding hydrogens is 160 g/mol. The van der Waals surface area contributed by atoms with Crippen LogP contribution in [0.1, 0.15) is 11.9 Å². The van der Waals surface area contributed by atoms with Crippen molar-refractivity contribution in [3.8, 4) is 5.06 Å². The quantitative estimate of drug-likeness (QED) is 0.741. The first-order valence-electron chi connectivity index (χ1n) is 3.46. The Hall–Kier alpha value is -0.610. The Labute approximate surface area is 70.2 Å². The van der Waals surface area contributed by atoms with Gasteiger partial charge >= 0.3 is 0 Å². The minimum atomic E-state index is 0.172. The van der Waals surface area contributed by atoms with Gasteiger partial charge in [-0.25, -0.2) is 4.98 Å². The summed E-state index contributed by atoms with van der Waals surface area (Å²) in [5.41, 5.74) is 5.60. The highest BCUT2D eigenvalue weighted by Gasteiger charge is 2.03. The van der Waals surface area contributed by atoms with Crippen molar-refractivity contribution in [1.29, 1.82) is 0 Å². The molecule has 1 aromatic heterocycles. The van der Waals surface area contributed by atoms with Crippen LogP contribution in [0.2, 0.25) is 0 Å². The van der Waals surface area contributed by atoms with Crippen molar-refractivity contribution in [3.63, 3.8) is 0 Å². The molecule has 0 aliphatic carbocycles. The van der Waals surface area contributed by atoms with Gasteiger partial charge in [0.05, 0.1) is 18.3 Å². The predicted molar refractivity (Wildman–Crippen MR) is 46.0 cm³/mol. The second-order valence-corrected chi connectivity index (χ2v) is 3.54. The van der Waals surface area contributed by atoms with Gasteiger partial charge in [-0.05, 0) is 6.92 Å². The van der Waals surface area contributed by atoms with Crippen molar-refractivity contribution in [2.24, 2.45) is 5.73 Å². The summed E-state index contributed by atoms with van der Waals surface area (Å²) in [4.78, 5) is 4.14. The lowest BCUT2D eigenvalue weighted by molar-refractivity contribution is 0.426. The second-order valence-electron chi connectivity index (χ2n) is 2.46. The Morgan fingerprint density at radius 1 is 1.82 bits per heavy atom. The van der Waals surface area contributed by atoms with Crippen molar-refractivity contribution in [2.75, 3.05) is 7.11 Å². The van der Waals surface area contributed by atoms with Crippen LogP contribution in [0, 0.1) is 0 Å². The lowest BCUT2D eigenvalue weighted by Crippen LogP contribution is -2.17. The van der Waals surface area contributed by atoms with E-state index in [1.807, 2.05) is 6.92 Å². The van der Waals surface area contributed by atoms with Gasteiger partial charge in [-0.3, -0.25) is 0 Å². The average Bonchev–Trinajstić information content (AvgIpc) is 2.34. The van der Waals surface area contributed by atoms with E-state index in [-0.39, 0.29) is 6.04 Å². The number of nitrogens with two attached hydrogens (primary N) is 1. The molecule has 0 fully saturated rings. The molecule has 11 heavy (non-hydrogen) atoms. The average molecular weight is 172 g/mol. The lowest BCUT2D eigenvalue weighted by atomic mass is 10.3. The van der Waals surface area contributed by atoms with E-state index in [0.29, 0.717) is 0 Å². The van der Waals surface area contributed by atoms with Crippen molar-refractivity contribution >= 4 is 11.3 Å². The van der Waals surface area contributed by atoms with Gasteiger partial charge in [-0.1, -0.05) is 11.3 Å². The summed E-state index contributed by atoms with van der Waals surface area (Å²) >= 11 is 1.55. The number of aromatic nitrogens is 1. The van der Waals surface area contributed by atoms with Gasteiger partial charge in [-0.15, -0.1) is 0 Å². The third-order valence-corrected chi connectivity index (χ3v) is 2.21. The van der Waals surface area contributed by atoms with E-state index in [0.717, 1.165) is 16.5 Å². The van der Waals surface area contributed by atoms with Gasteiger partial charge in [0, 0.05) is 12.5 Å². The smallest absolute Gasteiger partial charge is 0.193 e. The summed E-state index contributed by atoms with van der Waals surface area (Å²) in [5.74, 6) is 0. The van der Waals surface area contributed by atoms with Crippen LogP contribution < -0.4 is 10.5 Å². The molecule has 0 aliphatic heterocycles. The fourth-order valence-corrected chi connectivity index (χ4v) is 1.63. The zero-order valence-electron chi connectivity index (χ0n) is 6.70. The Morgan fingerprint density at radius 2 is 2.55 bits per heavy atom. The summed E-state index contributed by atoms with van der Waals surface area (Å²) in [5, 5.41) is 1.89. The van der Waals surface area contributed by atoms with E-state index in [1.54, 1.807) is 24.6 Å². The molecule has 1 atom stereocenters. The molecule has 62 valence electrons. The van der Waals surface area contributed by atoms with Crippen LogP contribution in [0.25, 0.3) is 0 Å². The van der Waals surface area contributed by atoms with Gasteiger partial charge in [0.2, 0.25) is 0 Å². The molecule has 0 amide bonds. The zero-order valence-corrected chi connectivity index (χ0v) is 7.52. The van der Waals surface area contributed by atoms with Gasteiger partial charge in [0.1, 0.15) is 0 Å². The van der Waals surface area contributed by atoms with Crippen LogP contribution in [0.15, 0.2) is 6.20 Å². The van der Waals surface area contributed by atoms with Crippen LogP contribution in [0.3, 0.4) is 0 Å². The molecule has 0 saturated heterocycles. The van der Waals surface area contributed by atoms with Crippen molar-refractivity contribution in [1.82, 2.24) is 4.98 Å². The number of hydrogen-bond donors (Lipinski definition) is 1. The van der Waals surface area contributed by atoms with E-state index in [9.17, 15) is 0 Å². The van der Waals surface area contributed by atoms with Gasteiger partial charge < -0.3 is 10.5 Å². The Kier molecular flexibility index (Phi) is 2.84. The lowest BCUT2D eigenvalue weighted by Gasteiger charge is -1.98. The molecule has 1 unspecified atom stereocenters. The Balaban J connectivity index is 2.58. The third kappa shape index (κ3) is 2.48. The maximum atomic E-state index is 5.60. The number of methoxy groups -OCH3 is 1. The molecule has 0 aliphatic rings. The predicted octanol–water partition coefficient (Wildman–Crippen LogP) is 1.04. The molecule has 0 bridgehead atoms. The van der Waals surface area contributed by atoms with Gasteiger partial charge in [0.15, 0.2) is 5.06 Å². The summed E-state index contributed by atoms with van der Waals surface area (Å²) in [7, 11) is 1.64. The Bertz CT molecular complexity index is 222. The van der Waals surface area contributed by atoms with Crippen molar-refractivity contribution in [2.45, 2.75) is 19.4 Å². The first-order chi connectivity index (χ1) is 5.22. The highest BCUT2D eigenvalue weighted by Crippen LogP contribution is 2.21. The molecular formula is C7H12N2OS. The fourth-order valence-electron chi connectivity index (χ4n) is 0.758. The van der Waals surface area contributed by atoms with E-state index in [2.05, 4.69) is 4.98 Å². The molecule has 2 N–H and O–H groups in total. The summed E-state index contributed by atoms with van der Waals surface area (Å²) in [6, 6.07) is 0.172. The molecule has 1 aromatic rings. The van der Waals surface area contributed by atoms with Crippen LogP contribution in [-0.2, 0) is 6.42 Å². The molecule has 1 rings (SSSR count). The van der Waals surface area contributed by atoms with Gasteiger partial charge in [-0.2, -0.15) is 0 Å². The maximum absolute atomic E-state index is 5.60. The first-order valence-corrected chi connectivity index (χ1v) is 4.28. The molecule has 4 heteroatoms. The maximum Gasteiger partial charge on any atom is 0.193 e. The number of thiazole rings is 1. The molecule has 3 nitrogen and oxygen atoms in total. The van der Waals surface area contributed by atoms with Crippen molar-refractivity contribution < 1.29 is 4.74 Å². The molecule has 0 spiro atoms. The van der Waals surface area contributed by atoms with E-state index in [4.69, 9.17) is 10.5 Å². The van der Waals surface area contributed by atoms with Crippen LogP contribution in [0.4, 0.5) is 0 Å². The Morgan fingerprint density at radius 3 is 3.00 bits per heavy atom. The SMILES string of the molecule is COc1cnc(CC(C)N)s1. The van der Waals surface area contributed by atoms with Gasteiger partial charge in [0.25, 0.3) is 0 Å². The summed E-state index contributed by atoms with van der Waals surface area (Å²) in [6.45, 7) is 1.97. The molecule has 0 saturated carbocycles. The minimum Gasteiger partial charge on any atom is -0.486 e. The van der Waals surface area contributed by atoms with Crippen LogP contribution >= 0.6 is 11.3 Å². The molecule has 0 aromatic carbocycles. The number of hydrogen-bond acceptors (Lipinski definition) is 4. The second kappa shape index (κ2) is 3.69. The monoisotopic (exact) mass is 172 g/mol. The molecule has 1 heterocycles. The highest BCUT2D eigenvalue weighted by atomic mass is 32.1. The molecule has 0 radical (unpaired) electrons. The standard InChI is InChI=1S/C7H12N2OS/c1-5(8)3-6-9-4-7(10-2)11-6/h4-5H,3,8H2,1-2H3. The van der Waals surface area contributed by atoms with E-state index < -0.39 is 0 Å². The van der Waals surface area contributed by atoms with E-state index >= 15 is 0 Å². The number of nitrogens with zero attached hydrogens (tertiary/aromatic N) is 1. The normalized spacial score (nSPS) is 13.0. The van der Waals surface area contributed by atoms with Crippen LogP contribution in [-0.4, -0.2) is 18.1 Å². The first kappa shape index (κ1) is 8.49. The fraction of sp³-hybridized carbons (Fsp3) is 0.571. The topological polar surface area (TPSA) is 48.1 Å².